The lowest BCUT2D eigenvalue weighted by molar-refractivity contribution is 0.0180. The first-order valence-electron chi connectivity index (χ1n) is 9.85. The molecule has 1 heterocycles. The molecule has 8 nitrogen and oxygen atoms in total. The van der Waals surface area contributed by atoms with E-state index in [1.54, 1.807) is 30.3 Å². The summed E-state index contributed by atoms with van der Waals surface area (Å²) < 4.78 is 22.1. The quantitative estimate of drug-likeness (QED) is 0.641. The molecule has 1 aromatic carbocycles. The Morgan fingerprint density at radius 1 is 1.29 bits per heavy atom. The molecule has 0 bridgehead atoms. The SMILES string of the molecule is CC(C)OC1CC=C(Nc2nc(=O)n(CCO)c(=O)n2Cc2ccc(Cl)cc2)C=C1F. The third-order valence-corrected chi connectivity index (χ3v) is 4.82. The number of aliphatic hydroxyl groups excluding tert-OH is 1. The summed E-state index contributed by atoms with van der Waals surface area (Å²) in [7, 11) is 0. The van der Waals surface area contributed by atoms with Gasteiger partial charge in [-0.05, 0) is 37.6 Å². The molecule has 0 aliphatic heterocycles. The van der Waals surface area contributed by atoms with E-state index in [4.69, 9.17) is 16.3 Å². The molecule has 0 saturated heterocycles. The molecule has 10 heteroatoms. The monoisotopic (exact) mass is 450 g/mol. The third-order valence-electron chi connectivity index (χ3n) is 4.57. The van der Waals surface area contributed by atoms with Crippen LogP contribution in [0.2, 0.25) is 5.02 Å². The summed E-state index contributed by atoms with van der Waals surface area (Å²) in [5, 5.41) is 12.6. The summed E-state index contributed by atoms with van der Waals surface area (Å²) in [5.41, 5.74) is -0.350. The molecule has 0 amide bonds. The third kappa shape index (κ3) is 5.69. The van der Waals surface area contributed by atoms with Crippen LogP contribution in [-0.4, -0.2) is 38.0 Å². The van der Waals surface area contributed by atoms with Crippen molar-refractivity contribution < 1.29 is 14.2 Å². The minimum absolute atomic E-state index is 0.0299. The minimum atomic E-state index is -0.809. The number of anilines is 1. The predicted molar refractivity (Wildman–Crippen MR) is 116 cm³/mol. The topological polar surface area (TPSA) is 98.4 Å². The largest absolute Gasteiger partial charge is 0.395 e. The molecular formula is C21H24ClFN4O4. The van der Waals surface area contributed by atoms with Gasteiger partial charge in [0.25, 0.3) is 0 Å². The molecule has 0 fully saturated rings. The van der Waals surface area contributed by atoms with Gasteiger partial charge in [-0.1, -0.05) is 29.8 Å². The van der Waals surface area contributed by atoms with Crippen molar-refractivity contribution in [2.24, 2.45) is 0 Å². The maximum absolute atomic E-state index is 14.4. The number of nitrogens with one attached hydrogen (secondary N) is 1. The lowest BCUT2D eigenvalue weighted by Gasteiger charge is -2.22. The van der Waals surface area contributed by atoms with E-state index in [2.05, 4.69) is 10.3 Å². The van der Waals surface area contributed by atoms with Crippen LogP contribution in [0, 0.1) is 0 Å². The van der Waals surface area contributed by atoms with Gasteiger partial charge in [-0.15, -0.1) is 0 Å². The van der Waals surface area contributed by atoms with Gasteiger partial charge < -0.3 is 15.2 Å². The highest BCUT2D eigenvalue weighted by Gasteiger charge is 2.21. The predicted octanol–water partition coefficient (Wildman–Crippen LogP) is 2.45. The van der Waals surface area contributed by atoms with Crippen LogP contribution in [0.5, 0.6) is 0 Å². The van der Waals surface area contributed by atoms with Crippen molar-refractivity contribution in [1.29, 1.82) is 0 Å². The lowest BCUT2D eigenvalue weighted by Crippen LogP contribution is -2.43. The summed E-state index contributed by atoms with van der Waals surface area (Å²) in [5.74, 6) is -0.489. The van der Waals surface area contributed by atoms with E-state index in [1.165, 1.54) is 10.6 Å². The normalized spacial score (nSPS) is 16.3. The highest BCUT2D eigenvalue weighted by molar-refractivity contribution is 6.30. The van der Waals surface area contributed by atoms with Crippen LogP contribution in [0.1, 0.15) is 25.8 Å². The van der Waals surface area contributed by atoms with Crippen molar-refractivity contribution in [2.75, 3.05) is 11.9 Å². The standard InChI is InChI=1S/C21H24ClFN4O4/c1-13(2)31-18-8-7-16(11-17(18)23)24-19-25-20(29)26(9-10-28)21(30)27(19)12-14-3-5-15(22)6-4-14/h3-7,11,13,18,28H,8-10,12H2,1-2H3,(H,24,25,29). The Hall–Kier alpha value is -2.75. The maximum Gasteiger partial charge on any atom is 0.355 e. The van der Waals surface area contributed by atoms with Crippen molar-refractivity contribution in [3.8, 4) is 0 Å². The molecule has 0 spiro atoms. The molecule has 0 radical (unpaired) electrons. The van der Waals surface area contributed by atoms with E-state index in [-0.39, 0.29) is 31.7 Å². The van der Waals surface area contributed by atoms with Crippen molar-refractivity contribution in [1.82, 2.24) is 14.1 Å². The van der Waals surface area contributed by atoms with E-state index < -0.39 is 23.3 Å². The second-order valence-electron chi connectivity index (χ2n) is 7.31. The average Bonchev–Trinajstić information content (AvgIpc) is 2.71. The first kappa shape index (κ1) is 22.9. The Morgan fingerprint density at radius 2 is 2.00 bits per heavy atom. The Balaban J connectivity index is 1.96. The molecule has 31 heavy (non-hydrogen) atoms. The van der Waals surface area contributed by atoms with Crippen LogP contribution < -0.4 is 16.7 Å². The van der Waals surface area contributed by atoms with Gasteiger partial charge in [0.2, 0.25) is 5.95 Å². The zero-order chi connectivity index (χ0) is 22.5. The Kier molecular flexibility index (Phi) is 7.42. The fourth-order valence-corrected chi connectivity index (χ4v) is 3.27. The number of aromatic nitrogens is 3. The maximum atomic E-state index is 14.4. The van der Waals surface area contributed by atoms with Crippen molar-refractivity contribution in [3.63, 3.8) is 0 Å². The molecule has 1 atom stereocenters. The number of halogens is 2. The van der Waals surface area contributed by atoms with E-state index >= 15 is 0 Å². The summed E-state index contributed by atoms with van der Waals surface area (Å²) >= 11 is 5.92. The van der Waals surface area contributed by atoms with Crippen molar-refractivity contribution >= 4 is 17.5 Å². The number of benzene rings is 1. The number of hydrogen-bond acceptors (Lipinski definition) is 6. The number of rotatable bonds is 8. The van der Waals surface area contributed by atoms with Gasteiger partial charge in [-0.2, -0.15) is 4.98 Å². The number of ether oxygens (including phenoxy) is 1. The molecule has 0 saturated carbocycles. The van der Waals surface area contributed by atoms with E-state index in [9.17, 15) is 19.1 Å². The first-order valence-corrected chi connectivity index (χ1v) is 10.2. The van der Waals surface area contributed by atoms with Gasteiger partial charge >= 0.3 is 11.4 Å². The number of aliphatic hydroxyl groups is 1. The van der Waals surface area contributed by atoms with Crippen molar-refractivity contribution in [2.45, 2.75) is 45.6 Å². The Bertz CT molecular complexity index is 1110. The fourth-order valence-electron chi connectivity index (χ4n) is 3.14. The van der Waals surface area contributed by atoms with Gasteiger partial charge in [-0.3, -0.25) is 4.57 Å². The Morgan fingerprint density at radius 3 is 2.61 bits per heavy atom. The van der Waals surface area contributed by atoms with Crippen LogP contribution in [0.15, 0.2) is 57.5 Å². The lowest BCUT2D eigenvalue weighted by atomic mass is 10.1. The molecule has 2 aromatic rings. The van der Waals surface area contributed by atoms with Crippen LogP contribution >= 0.6 is 11.6 Å². The summed E-state index contributed by atoms with van der Waals surface area (Å²) in [6, 6.07) is 6.85. The van der Waals surface area contributed by atoms with Gasteiger partial charge in [-0.25, -0.2) is 18.5 Å². The average molecular weight is 451 g/mol. The van der Waals surface area contributed by atoms with Crippen LogP contribution in [-0.2, 0) is 17.8 Å². The summed E-state index contributed by atoms with van der Waals surface area (Å²) in [6.07, 6.45) is 2.47. The fraction of sp³-hybridized carbons (Fsp3) is 0.381. The van der Waals surface area contributed by atoms with Gasteiger partial charge in [0.05, 0.1) is 25.8 Å². The number of nitrogens with zero attached hydrogens (tertiary/aromatic N) is 3. The molecule has 1 aliphatic rings. The molecule has 2 N–H and O–H groups in total. The Labute approximate surface area is 183 Å². The number of hydrogen-bond donors (Lipinski definition) is 2. The summed E-state index contributed by atoms with van der Waals surface area (Å²) in [4.78, 5) is 29.2. The zero-order valence-corrected chi connectivity index (χ0v) is 18.0. The van der Waals surface area contributed by atoms with E-state index in [1.807, 2.05) is 13.8 Å². The van der Waals surface area contributed by atoms with E-state index in [0.717, 1.165) is 10.1 Å². The second-order valence-corrected chi connectivity index (χ2v) is 7.75. The second kappa shape index (κ2) is 10.0. The minimum Gasteiger partial charge on any atom is -0.395 e. The van der Waals surface area contributed by atoms with Crippen LogP contribution in [0.3, 0.4) is 0 Å². The molecule has 3 rings (SSSR count). The zero-order valence-electron chi connectivity index (χ0n) is 17.2. The number of allylic oxidation sites excluding steroid dienone is 1. The smallest absolute Gasteiger partial charge is 0.355 e. The molecule has 1 aliphatic carbocycles. The molecule has 1 aromatic heterocycles. The summed E-state index contributed by atoms with van der Waals surface area (Å²) in [6.45, 7) is 3.17. The molecule has 1 unspecified atom stereocenters. The van der Waals surface area contributed by atoms with Crippen LogP contribution in [0.4, 0.5) is 10.3 Å². The van der Waals surface area contributed by atoms with E-state index in [0.29, 0.717) is 17.1 Å². The van der Waals surface area contributed by atoms with Crippen LogP contribution in [0.25, 0.3) is 0 Å². The van der Waals surface area contributed by atoms with Gasteiger partial charge in [0, 0.05) is 17.1 Å². The van der Waals surface area contributed by atoms with Gasteiger partial charge in [0.15, 0.2) is 0 Å². The highest BCUT2D eigenvalue weighted by Crippen LogP contribution is 2.23. The first-order chi connectivity index (χ1) is 14.8. The molecular weight excluding hydrogens is 427 g/mol. The van der Waals surface area contributed by atoms with Gasteiger partial charge in [0.1, 0.15) is 11.9 Å². The highest BCUT2D eigenvalue weighted by atomic mass is 35.5. The van der Waals surface area contributed by atoms with Crippen molar-refractivity contribution in [3.05, 3.63) is 79.5 Å². The molecule has 166 valence electrons.